The number of nitrogens with zero attached hydrogens (tertiary/aromatic N) is 2. The molecule has 2 aliphatic heterocycles. The summed E-state index contributed by atoms with van der Waals surface area (Å²) < 4.78 is 10.9. The van der Waals surface area contributed by atoms with Crippen LogP contribution in [0.4, 0.5) is 11.4 Å². The van der Waals surface area contributed by atoms with Crippen LogP contribution in [0.3, 0.4) is 0 Å². The first-order valence-electron chi connectivity index (χ1n) is 11.8. The van der Waals surface area contributed by atoms with E-state index in [1.165, 1.54) is 23.0 Å². The summed E-state index contributed by atoms with van der Waals surface area (Å²) >= 11 is 6.10. The van der Waals surface area contributed by atoms with Gasteiger partial charge in [-0.2, -0.15) is 0 Å². The number of methoxy groups -OCH3 is 1. The maximum Gasteiger partial charge on any atom is 0.316 e. The van der Waals surface area contributed by atoms with Crippen molar-refractivity contribution in [2.24, 2.45) is 17.8 Å². The molecular formula is C27H25ClN2O6. The zero-order valence-corrected chi connectivity index (χ0v) is 20.7. The number of hydrogen-bond acceptors (Lipinski definition) is 6. The number of imide groups is 1. The number of carbonyl (C=O) groups is 4. The van der Waals surface area contributed by atoms with Crippen LogP contribution in [0.15, 0.2) is 54.1 Å². The molecule has 2 fully saturated rings. The number of carbonyl (C=O) groups excluding carboxylic acids is 4. The van der Waals surface area contributed by atoms with Crippen molar-refractivity contribution < 1.29 is 28.7 Å². The first kappa shape index (κ1) is 24.1. The van der Waals surface area contributed by atoms with Crippen molar-refractivity contribution in [3.8, 4) is 11.5 Å². The Hall–Kier alpha value is -3.65. The molecule has 0 spiro atoms. The average molecular weight is 509 g/mol. The molecule has 0 unspecified atom stereocenters. The van der Waals surface area contributed by atoms with E-state index in [1.54, 1.807) is 36.4 Å². The number of benzene rings is 2. The van der Waals surface area contributed by atoms with E-state index in [1.807, 2.05) is 13.0 Å². The van der Waals surface area contributed by atoms with E-state index < -0.39 is 11.9 Å². The van der Waals surface area contributed by atoms with Crippen LogP contribution in [0, 0.1) is 17.8 Å². The van der Waals surface area contributed by atoms with Gasteiger partial charge in [-0.25, -0.2) is 4.90 Å². The molecule has 0 saturated carbocycles. The lowest BCUT2D eigenvalue weighted by molar-refractivity contribution is -0.139. The van der Waals surface area contributed by atoms with E-state index in [9.17, 15) is 19.2 Å². The van der Waals surface area contributed by atoms with E-state index in [-0.39, 0.29) is 48.3 Å². The van der Waals surface area contributed by atoms with Crippen LogP contribution in [-0.2, 0) is 19.2 Å². The second-order valence-corrected chi connectivity index (χ2v) is 9.79. The second-order valence-electron chi connectivity index (χ2n) is 9.36. The Morgan fingerprint density at radius 2 is 1.81 bits per heavy atom. The quantitative estimate of drug-likeness (QED) is 0.261. The molecule has 5 rings (SSSR count). The van der Waals surface area contributed by atoms with Gasteiger partial charge in [-0.1, -0.05) is 29.3 Å². The lowest BCUT2D eigenvalue weighted by Gasteiger charge is -2.20. The normalized spacial score (nSPS) is 23.6. The fraction of sp³-hybridized carbons (Fsp3) is 0.333. The van der Waals surface area contributed by atoms with Gasteiger partial charge in [0.05, 0.1) is 36.2 Å². The number of esters is 1. The minimum Gasteiger partial charge on any atom is -0.495 e. The van der Waals surface area contributed by atoms with Crippen LogP contribution in [-0.4, -0.2) is 37.3 Å². The van der Waals surface area contributed by atoms with Crippen LogP contribution < -0.4 is 19.3 Å². The summed E-state index contributed by atoms with van der Waals surface area (Å²) in [6.07, 6.45) is 3.12. The average Bonchev–Trinajstić information content (AvgIpc) is 3.36. The van der Waals surface area contributed by atoms with Crippen LogP contribution in [0.1, 0.15) is 26.2 Å². The van der Waals surface area contributed by atoms with Gasteiger partial charge in [0, 0.05) is 24.1 Å². The van der Waals surface area contributed by atoms with E-state index in [0.717, 1.165) is 5.57 Å². The summed E-state index contributed by atoms with van der Waals surface area (Å²) in [7, 11) is 1.49. The van der Waals surface area contributed by atoms with E-state index in [4.69, 9.17) is 21.1 Å². The highest BCUT2D eigenvalue weighted by molar-refractivity contribution is 6.31. The summed E-state index contributed by atoms with van der Waals surface area (Å²) in [5.74, 6) is -2.01. The first-order chi connectivity index (χ1) is 17.3. The molecule has 3 atom stereocenters. The van der Waals surface area contributed by atoms with E-state index in [2.05, 4.69) is 0 Å². The Balaban J connectivity index is 1.30. The number of hydrogen-bond donors (Lipinski definition) is 0. The van der Waals surface area contributed by atoms with Crippen molar-refractivity contribution in [1.82, 2.24) is 0 Å². The van der Waals surface area contributed by atoms with Crippen molar-refractivity contribution in [1.29, 1.82) is 0 Å². The molecule has 8 nitrogen and oxygen atoms in total. The molecule has 9 heteroatoms. The minimum atomic E-state index is -0.697. The lowest BCUT2D eigenvalue weighted by atomic mass is 9.82. The molecule has 0 aromatic heterocycles. The zero-order chi connectivity index (χ0) is 25.6. The maximum absolute atomic E-state index is 13.0. The molecule has 36 heavy (non-hydrogen) atoms. The number of ether oxygens (including phenoxy) is 2. The Kier molecular flexibility index (Phi) is 6.30. The van der Waals surface area contributed by atoms with Gasteiger partial charge in [-0.3, -0.25) is 19.2 Å². The molecule has 2 aromatic rings. The van der Waals surface area contributed by atoms with Gasteiger partial charge in [-0.15, -0.1) is 0 Å². The third-order valence-electron chi connectivity index (χ3n) is 7.01. The largest absolute Gasteiger partial charge is 0.495 e. The molecule has 0 N–H and O–H groups in total. The van der Waals surface area contributed by atoms with Gasteiger partial charge in [0.1, 0.15) is 11.5 Å². The van der Waals surface area contributed by atoms with Gasteiger partial charge in [0.25, 0.3) is 0 Å². The summed E-state index contributed by atoms with van der Waals surface area (Å²) in [5.41, 5.74) is 1.97. The minimum absolute atomic E-state index is 0.0208. The molecule has 2 saturated heterocycles. The third-order valence-corrected chi connectivity index (χ3v) is 7.24. The molecule has 186 valence electrons. The predicted molar refractivity (Wildman–Crippen MR) is 133 cm³/mol. The van der Waals surface area contributed by atoms with E-state index >= 15 is 0 Å². The van der Waals surface area contributed by atoms with Crippen LogP contribution in [0.2, 0.25) is 5.02 Å². The Morgan fingerprint density at radius 3 is 2.58 bits per heavy atom. The molecule has 0 radical (unpaired) electrons. The van der Waals surface area contributed by atoms with Crippen molar-refractivity contribution in [2.45, 2.75) is 26.2 Å². The fourth-order valence-corrected chi connectivity index (χ4v) is 5.32. The van der Waals surface area contributed by atoms with Gasteiger partial charge < -0.3 is 14.4 Å². The second kappa shape index (κ2) is 9.43. The molecule has 3 aliphatic rings. The first-order valence-corrected chi connectivity index (χ1v) is 12.1. The number of rotatable bonds is 5. The molecule has 3 amide bonds. The van der Waals surface area contributed by atoms with Crippen LogP contribution in [0.5, 0.6) is 11.5 Å². The van der Waals surface area contributed by atoms with Crippen molar-refractivity contribution in [2.75, 3.05) is 23.5 Å². The van der Waals surface area contributed by atoms with Crippen LogP contribution >= 0.6 is 11.6 Å². The summed E-state index contributed by atoms with van der Waals surface area (Å²) in [4.78, 5) is 54.3. The zero-order valence-electron chi connectivity index (χ0n) is 19.9. The van der Waals surface area contributed by atoms with E-state index in [0.29, 0.717) is 35.0 Å². The summed E-state index contributed by atoms with van der Waals surface area (Å²) in [5, 5.41) is 0.443. The Bertz CT molecular complexity index is 1300. The highest BCUT2D eigenvalue weighted by Crippen LogP contribution is 2.40. The number of amides is 3. The van der Waals surface area contributed by atoms with Crippen molar-refractivity contribution in [3.63, 3.8) is 0 Å². The Morgan fingerprint density at radius 1 is 1.03 bits per heavy atom. The summed E-state index contributed by atoms with van der Waals surface area (Å²) in [6.45, 7) is 2.08. The number of halogens is 1. The Labute approximate surface area is 213 Å². The molecule has 2 heterocycles. The SMILES string of the molecule is COc1ccc(Cl)cc1N1C[C@H](C(=O)Oc2cccc(N3C(=O)[C@H]4CC=C(C)C[C@@H]4C3=O)c2)CC1=O. The topological polar surface area (TPSA) is 93.2 Å². The van der Waals surface area contributed by atoms with Gasteiger partial charge in [0.2, 0.25) is 17.7 Å². The number of fused-ring (bicyclic) bond motifs is 1. The van der Waals surface area contributed by atoms with Gasteiger partial charge >= 0.3 is 5.97 Å². The standard InChI is InChI=1S/C27H25ClN2O6/c1-15-6-8-20-21(10-15)26(33)30(25(20)32)18-4-3-5-19(13-18)36-27(34)16-11-24(31)29(14-16)22-12-17(28)7-9-23(22)35-2/h3-7,9,12-13,16,20-21H,8,10-11,14H2,1-2H3/t16-,20+,21+/m1/s1. The lowest BCUT2D eigenvalue weighted by Crippen LogP contribution is -2.31. The fourth-order valence-electron chi connectivity index (χ4n) is 5.15. The molecular weight excluding hydrogens is 484 g/mol. The summed E-state index contributed by atoms with van der Waals surface area (Å²) in [6, 6.07) is 11.3. The number of anilines is 2. The highest BCUT2D eigenvalue weighted by Gasteiger charge is 2.48. The monoisotopic (exact) mass is 508 g/mol. The van der Waals surface area contributed by atoms with Gasteiger partial charge in [0.15, 0.2) is 0 Å². The highest BCUT2D eigenvalue weighted by atomic mass is 35.5. The molecule has 0 bridgehead atoms. The van der Waals surface area contributed by atoms with Crippen molar-refractivity contribution in [3.05, 3.63) is 59.1 Å². The molecule has 2 aromatic carbocycles. The maximum atomic E-state index is 13.0. The van der Waals surface area contributed by atoms with Gasteiger partial charge in [-0.05, 0) is 50.1 Å². The third kappa shape index (κ3) is 4.26. The molecule has 1 aliphatic carbocycles. The van der Waals surface area contributed by atoms with Crippen molar-refractivity contribution >= 4 is 46.7 Å². The smallest absolute Gasteiger partial charge is 0.316 e. The predicted octanol–water partition coefficient (Wildman–Crippen LogP) is 4.15. The number of allylic oxidation sites excluding steroid dienone is 2. The van der Waals surface area contributed by atoms with Crippen LogP contribution in [0.25, 0.3) is 0 Å².